The molecule has 1 aliphatic carbocycles. The zero-order valence-corrected chi connectivity index (χ0v) is 18.1. The molecule has 1 aliphatic rings. The van der Waals surface area contributed by atoms with Gasteiger partial charge in [0.25, 0.3) is 0 Å². The van der Waals surface area contributed by atoms with Crippen molar-refractivity contribution in [2.75, 3.05) is 19.3 Å². The molecular weight excluding hydrogens is 435 g/mol. The first-order valence-corrected chi connectivity index (χ1v) is 9.85. The van der Waals surface area contributed by atoms with Gasteiger partial charge in [-0.05, 0) is 31.4 Å². The minimum absolute atomic E-state index is 0. The van der Waals surface area contributed by atoms with Crippen LogP contribution >= 0.6 is 35.7 Å². The van der Waals surface area contributed by atoms with Crippen molar-refractivity contribution in [3.8, 4) is 0 Å². The lowest BCUT2D eigenvalue weighted by atomic mass is 10.2. The third kappa shape index (κ3) is 6.42. The smallest absolute Gasteiger partial charge is 0.191 e. The number of guanidine groups is 1. The van der Waals surface area contributed by atoms with Gasteiger partial charge in [-0.15, -0.1) is 34.2 Å². The summed E-state index contributed by atoms with van der Waals surface area (Å²) in [6.07, 6.45) is 9.14. The fourth-order valence-corrected chi connectivity index (χ4v) is 3.52. The molecule has 0 amide bonds. The van der Waals surface area contributed by atoms with Crippen molar-refractivity contribution in [3.63, 3.8) is 0 Å². The zero-order valence-electron chi connectivity index (χ0n) is 15.0. The highest BCUT2D eigenvalue weighted by molar-refractivity contribution is 14.0. The van der Waals surface area contributed by atoms with E-state index in [1.54, 1.807) is 11.8 Å². The van der Waals surface area contributed by atoms with E-state index in [9.17, 15) is 0 Å². The summed E-state index contributed by atoms with van der Waals surface area (Å²) >= 11 is 1.69. The lowest BCUT2D eigenvalue weighted by Crippen LogP contribution is -2.33. The standard InChI is InChI=1S/C16H30N6S.HI/c1-12(2)11-19-15(17)18-10-6-9-14-20-21-16(23-3)22(14)13-7-4-5-8-13;/h12-13H,4-11H2,1-3H3,(H3,17,18,19);1H. The monoisotopic (exact) mass is 466 g/mol. The summed E-state index contributed by atoms with van der Waals surface area (Å²) < 4.78 is 2.37. The Hall–Kier alpha value is -0.510. The van der Waals surface area contributed by atoms with Gasteiger partial charge in [-0.2, -0.15) is 0 Å². The number of thioether (sulfide) groups is 1. The van der Waals surface area contributed by atoms with E-state index in [2.05, 4.69) is 45.2 Å². The maximum Gasteiger partial charge on any atom is 0.191 e. The highest BCUT2D eigenvalue weighted by Crippen LogP contribution is 2.33. The molecule has 1 heterocycles. The van der Waals surface area contributed by atoms with Crippen LogP contribution in [0.5, 0.6) is 0 Å². The molecule has 0 radical (unpaired) electrons. The van der Waals surface area contributed by atoms with E-state index in [0.29, 0.717) is 17.9 Å². The van der Waals surface area contributed by atoms with E-state index in [1.165, 1.54) is 25.7 Å². The van der Waals surface area contributed by atoms with Crippen molar-refractivity contribution in [3.05, 3.63) is 5.82 Å². The number of nitrogens with one attached hydrogen (secondary N) is 1. The van der Waals surface area contributed by atoms with Crippen LogP contribution in [-0.4, -0.2) is 40.1 Å². The van der Waals surface area contributed by atoms with Gasteiger partial charge in [-0.1, -0.05) is 38.5 Å². The molecule has 6 nitrogen and oxygen atoms in total. The number of hydrogen-bond acceptors (Lipinski definition) is 4. The maximum atomic E-state index is 5.86. The largest absolute Gasteiger partial charge is 0.370 e. The molecule has 0 unspecified atom stereocenters. The fraction of sp³-hybridized carbons (Fsp3) is 0.812. The highest BCUT2D eigenvalue weighted by Gasteiger charge is 2.23. The molecule has 0 spiro atoms. The molecule has 1 aromatic rings. The first kappa shape index (κ1) is 21.5. The van der Waals surface area contributed by atoms with Crippen LogP contribution in [0.25, 0.3) is 0 Å². The Bertz CT molecular complexity index is 511. The van der Waals surface area contributed by atoms with Gasteiger partial charge < -0.3 is 15.6 Å². The van der Waals surface area contributed by atoms with Gasteiger partial charge in [0.05, 0.1) is 0 Å². The average molecular weight is 466 g/mol. The maximum absolute atomic E-state index is 5.86. The number of aryl methyl sites for hydroxylation is 1. The van der Waals surface area contributed by atoms with Crippen molar-refractivity contribution in [1.29, 1.82) is 0 Å². The Morgan fingerprint density at radius 1 is 1.38 bits per heavy atom. The van der Waals surface area contributed by atoms with Crippen LogP contribution in [0.2, 0.25) is 0 Å². The van der Waals surface area contributed by atoms with Crippen LogP contribution in [0.1, 0.15) is 57.8 Å². The Morgan fingerprint density at radius 2 is 2.08 bits per heavy atom. The van der Waals surface area contributed by atoms with Gasteiger partial charge in [-0.3, -0.25) is 4.99 Å². The second-order valence-electron chi connectivity index (χ2n) is 6.56. The van der Waals surface area contributed by atoms with Crippen LogP contribution in [-0.2, 0) is 6.42 Å². The minimum atomic E-state index is 0. The van der Waals surface area contributed by atoms with Gasteiger partial charge in [-0.25, -0.2) is 0 Å². The molecule has 24 heavy (non-hydrogen) atoms. The molecule has 1 saturated carbocycles. The summed E-state index contributed by atoms with van der Waals surface area (Å²) in [7, 11) is 0. The van der Waals surface area contributed by atoms with E-state index < -0.39 is 0 Å². The molecular formula is C16H31IN6S. The van der Waals surface area contributed by atoms with Gasteiger partial charge >= 0.3 is 0 Å². The molecule has 2 rings (SSSR count). The molecule has 0 saturated heterocycles. The Morgan fingerprint density at radius 3 is 2.71 bits per heavy atom. The normalized spacial score (nSPS) is 15.8. The Kier molecular flexibility index (Phi) is 10.0. The summed E-state index contributed by atoms with van der Waals surface area (Å²) in [5, 5.41) is 13.0. The predicted molar refractivity (Wildman–Crippen MR) is 112 cm³/mol. The van der Waals surface area contributed by atoms with Crippen LogP contribution in [0.4, 0.5) is 0 Å². The zero-order chi connectivity index (χ0) is 16.7. The van der Waals surface area contributed by atoms with Gasteiger partial charge in [0.1, 0.15) is 5.82 Å². The highest BCUT2D eigenvalue weighted by atomic mass is 127. The number of nitrogens with two attached hydrogens (primary N) is 1. The van der Waals surface area contributed by atoms with Gasteiger partial charge in [0.15, 0.2) is 11.1 Å². The first-order valence-electron chi connectivity index (χ1n) is 8.63. The summed E-state index contributed by atoms with van der Waals surface area (Å²) in [6, 6.07) is 0.591. The molecule has 0 aliphatic heterocycles. The van der Waals surface area contributed by atoms with E-state index in [0.717, 1.165) is 36.9 Å². The molecule has 1 fully saturated rings. The molecule has 3 N–H and O–H groups in total. The summed E-state index contributed by atoms with van der Waals surface area (Å²) in [4.78, 5) is 4.31. The summed E-state index contributed by atoms with van der Waals surface area (Å²) in [6.45, 7) is 5.86. The Balaban J connectivity index is 0.00000288. The number of hydrogen-bond donors (Lipinski definition) is 2. The SMILES string of the molecule is CSc1nnc(CCCNC(N)=NCC(C)C)n1C1CCCC1.I. The van der Waals surface area contributed by atoms with E-state index in [-0.39, 0.29) is 24.0 Å². The second-order valence-corrected chi connectivity index (χ2v) is 7.33. The number of aliphatic imine (C=N–C) groups is 1. The molecule has 0 bridgehead atoms. The molecule has 1 aromatic heterocycles. The van der Waals surface area contributed by atoms with E-state index >= 15 is 0 Å². The quantitative estimate of drug-likeness (QED) is 0.202. The summed E-state index contributed by atoms with van der Waals surface area (Å²) in [5.41, 5.74) is 5.86. The van der Waals surface area contributed by atoms with Crippen LogP contribution in [0.3, 0.4) is 0 Å². The lowest BCUT2D eigenvalue weighted by molar-refractivity contribution is 0.460. The number of rotatable bonds is 8. The van der Waals surface area contributed by atoms with Crippen LogP contribution < -0.4 is 11.1 Å². The van der Waals surface area contributed by atoms with Crippen molar-refractivity contribution < 1.29 is 0 Å². The number of aromatic nitrogens is 3. The van der Waals surface area contributed by atoms with Crippen molar-refractivity contribution >= 4 is 41.7 Å². The van der Waals surface area contributed by atoms with Crippen molar-refractivity contribution in [2.45, 2.75) is 63.6 Å². The average Bonchev–Trinajstić information content (AvgIpc) is 3.17. The molecule has 0 aromatic carbocycles. The molecule has 8 heteroatoms. The second kappa shape index (κ2) is 11.2. The van der Waals surface area contributed by atoms with Crippen molar-refractivity contribution in [2.24, 2.45) is 16.6 Å². The third-order valence-electron chi connectivity index (χ3n) is 4.12. The summed E-state index contributed by atoms with van der Waals surface area (Å²) in [5.74, 6) is 2.19. The third-order valence-corrected chi connectivity index (χ3v) is 4.76. The van der Waals surface area contributed by atoms with Gasteiger partial charge in [0, 0.05) is 25.6 Å². The number of halogens is 1. The lowest BCUT2D eigenvalue weighted by Gasteiger charge is -2.16. The topological polar surface area (TPSA) is 81.1 Å². The predicted octanol–water partition coefficient (Wildman–Crippen LogP) is 3.23. The number of nitrogens with zero attached hydrogens (tertiary/aromatic N) is 4. The molecule has 0 atom stereocenters. The van der Waals surface area contributed by atoms with Crippen molar-refractivity contribution in [1.82, 2.24) is 20.1 Å². The molecule has 138 valence electrons. The fourth-order valence-electron chi connectivity index (χ4n) is 2.95. The van der Waals surface area contributed by atoms with Gasteiger partial charge in [0.2, 0.25) is 0 Å². The van der Waals surface area contributed by atoms with Crippen LogP contribution in [0, 0.1) is 5.92 Å². The first-order chi connectivity index (χ1) is 11.1. The van der Waals surface area contributed by atoms with E-state index in [4.69, 9.17) is 5.73 Å². The Labute approximate surface area is 166 Å². The minimum Gasteiger partial charge on any atom is -0.370 e. The van der Waals surface area contributed by atoms with Crippen LogP contribution in [0.15, 0.2) is 10.1 Å². The van der Waals surface area contributed by atoms with E-state index in [1.807, 2.05) is 0 Å².